The number of carbonyl (C=O) groups excluding carboxylic acids is 2. The number of rotatable bonds is 6. The van der Waals surface area contributed by atoms with Crippen LogP contribution in [0.4, 0.5) is 10.1 Å². The lowest BCUT2D eigenvalue weighted by Gasteiger charge is -2.26. The molecule has 0 aromatic heterocycles. The van der Waals surface area contributed by atoms with Gasteiger partial charge in [0.15, 0.2) is 0 Å². The molecule has 1 aliphatic rings. The van der Waals surface area contributed by atoms with Crippen LogP contribution in [0.3, 0.4) is 0 Å². The standard InChI is InChI=1S/C30H30FNO4/c1-6-36-25-14-12-20(16-23(25)17(2)3)28(33)26-27(22-9-7-8-10-24(22)31)32(30(35)29(26)34)21-13-11-18(4)19(5)15-21/h7-17,27,33H,6H2,1-5H3/b28-26+. The van der Waals surface area contributed by atoms with Crippen molar-refractivity contribution in [2.45, 2.75) is 46.6 Å². The topological polar surface area (TPSA) is 66.8 Å². The molecule has 3 aromatic carbocycles. The van der Waals surface area contributed by atoms with E-state index in [1.807, 2.05) is 40.7 Å². The fraction of sp³-hybridized carbons (Fsp3) is 0.267. The number of anilines is 1. The van der Waals surface area contributed by atoms with Crippen molar-refractivity contribution in [3.05, 3.63) is 99.9 Å². The number of ether oxygens (including phenoxy) is 1. The van der Waals surface area contributed by atoms with E-state index < -0.39 is 23.5 Å². The molecule has 3 aromatic rings. The van der Waals surface area contributed by atoms with Crippen molar-refractivity contribution in [2.24, 2.45) is 0 Å². The van der Waals surface area contributed by atoms with Gasteiger partial charge in [0.2, 0.25) is 0 Å². The van der Waals surface area contributed by atoms with Gasteiger partial charge in [0.05, 0.1) is 18.2 Å². The molecule has 1 amide bonds. The molecule has 1 N–H and O–H groups in total. The van der Waals surface area contributed by atoms with Crippen LogP contribution in [0.5, 0.6) is 5.75 Å². The molecule has 0 aliphatic carbocycles. The molecule has 4 rings (SSSR count). The average molecular weight is 488 g/mol. The van der Waals surface area contributed by atoms with Gasteiger partial charge in [0, 0.05) is 16.8 Å². The van der Waals surface area contributed by atoms with Gasteiger partial charge >= 0.3 is 0 Å². The second-order valence-corrected chi connectivity index (χ2v) is 9.30. The largest absolute Gasteiger partial charge is 0.507 e. The highest BCUT2D eigenvalue weighted by atomic mass is 19.1. The zero-order chi connectivity index (χ0) is 26.1. The number of aliphatic hydroxyl groups is 1. The molecule has 36 heavy (non-hydrogen) atoms. The third-order valence-electron chi connectivity index (χ3n) is 6.62. The number of Topliss-reactive ketones (excluding diaryl/α,β-unsaturated/α-hetero) is 1. The summed E-state index contributed by atoms with van der Waals surface area (Å²) < 4.78 is 20.8. The molecule has 1 aliphatic heterocycles. The van der Waals surface area contributed by atoms with E-state index in [-0.39, 0.29) is 22.8 Å². The third kappa shape index (κ3) is 4.39. The van der Waals surface area contributed by atoms with Crippen LogP contribution in [0, 0.1) is 19.7 Å². The van der Waals surface area contributed by atoms with Gasteiger partial charge in [-0.05, 0) is 79.8 Å². The van der Waals surface area contributed by atoms with Crippen LogP contribution >= 0.6 is 0 Å². The number of benzene rings is 3. The molecule has 5 nitrogen and oxygen atoms in total. The minimum absolute atomic E-state index is 0.0830. The fourth-order valence-corrected chi connectivity index (χ4v) is 4.55. The van der Waals surface area contributed by atoms with Crippen molar-refractivity contribution in [1.29, 1.82) is 0 Å². The van der Waals surface area contributed by atoms with Crippen molar-refractivity contribution < 1.29 is 23.8 Å². The zero-order valence-electron chi connectivity index (χ0n) is 21.1. The Hall–Kier alpha value is -3.93. The quantitative estimate of drug-likeness (QED) is 0.242. The number of halogens is 1. The number of amides is 1. The highest BCUT2D eigenvalue weighted by molar-refractivity contribution is 6.51. The van der Waals surface area contributed by atoms with E-state index in [0.29, 0.717) is 23.6 Å². The number of carbonyl (C=O) groups is 2. The number of hydrogen-bond acceptors (Lipinski definition) is 4. The number of ketones is 1. The smallest absolute Gasteiger partial charge is 0.300 e. The first-order chi connectivity index (χ1) is 17.1. The lowest BCUT2D eigenvalue weighted by molar-refractivity contribution is -0.132. The fourth-order valence-electron chi connectivity index (χ4n) is 4.55. The Balaban J connectivity index is 1.96. The van der Waals surface area contributed by atoms with Gasteiger partial charge in [0.1, 0.15) is 17.3 Å². The number of aliphatic hydroxyl groups excluding tert-OH is 1. The Labute approximate surface area is 210 Å². The van der Waals surface area contributed by atoms with Crippen LogP contribution in [0.1, 0.15) is 60.5 Å². The molecule has 1 unspecified atom stereocenters. The van der Waals surface area contributed by atoms with E-state index >= 15 is 4.39 Å². The monoisotopic (exact) mass is 487 g/mol. The summed E-state index contributed by atoms with van der Waals surface area (Å²) >= 11 is 0. The predicted molar refractivity (Wildman–Crippen MR) is 139 cm³/mol. The van der Waals surface area contributed by atoms with Crippen molar-refractivity contribution in [1.82, 2.24) is 0 Å². The molecule has 1 fully saturated rings. The summed E-state index contributed by atoms with van der Waals surface area (Å²) in [5.74, 6) is -1.83. The van der Waals surface area contributed by atoms with Crippen LogP contribution in [-0.2, 0) is 9.59 Å². The molecule has 0 saturated carbocycles. The molecule has 0 spiro atoms. The maximum absolute atomic E-state index is 15.1. The summed E-state index contributed by atoms with van der Waals surface area (Å²) in [6.45, 7) is 10.2. The maximum atomic E-state index is 15.1. The third-order valence-corrected chi connectivity index (χ3v) is 6.62. The van der Waals surface area contributed by atoms with Crippen LogP contribution in [0.25, 0.3) is 5.76 Å². The summed E-state index contributed by atoms with van der Waals surface area (Å²) in [4.78, 5) is 28.0. The first-order valence-corrected chi connectivity index (χ1v) is 12.1. The van der Waals surface area contributed by atoms with E-state index in [2.05, 4.69) is 0 Å². The number of nitrogens with zero attached hydrogens (tertiary/aromatic N) is 1. The summed E-state index contributed by atoms with van der Waals surface area (Å²) in [6.07, 6.45) is 0. The molecule has 6 heteroatoms. The van der Waals surface area contributed by atoms with Crippen LogP contribution in [0.2, 0.25) is 0 Å². The number of aryl methyl sites for hydroxylation is 2. The molecular weight excluding hydrogens is 457 g/mol. The van der Waals surface area contributed by atoms with Gasteiger partial charge in [-0.1, -0.05) is 38.1 Å². The molecule has 0 bridgehead atoms. The van der Waals surface area contributed by atoms with Crippen LogP contribution < -0.4 is 9.64 Å². The predicted octanol–water partition coefficient (Wildman–Crippen LogP) is 6.59. The molecule has 186 valence electrons. The summed E-state index contributed by atoms with van der Waals surface area (Å²) in [5, 5.41) is 11.4. The van der Waals surface area contributed by atoms with Gasteiger partial charge in [-0.2, -0.15) is 0 Å². The Bertz CT molecular complexity index is 1380. The first kappa shape index (κ1) is 25.2. The lowest BCUT2D eigenvalue weighted by atomic mass is 9.92. The van der Waals surface area contributed by atoms with E-state index in [1.54, 1.807) is 42.5 Å². The molecule has 1 heterocycles. The summed E-state index contributed by atoms with van der Waals surface area (Å²) in [5.41, 5.74) is 3.60. The van der Waals surface area contributed by atoms with E-state index in [0.717, 1.165) is 16.7 Å². The Morgan fingerprint density at radius 2 is 1.75 bits per heavy atom. The van der Waals surface area contributed by atoms with Crippen molar-refractivity contribution >= 4 is 23.1 Å². The SMILES string of the molecule is CCOc1ccc(/C(O)=C2\C(=O)C(=O)N(c3ccc(C)c(C)c3)C2c2ccccc2F)cc1C(C)C. The molecular formula is C30H30FNO4. The minimum Gasteiger partial charge on any atom is -0.507 e. The van der Waals surface area contributed by atoms with Gasteiger partial charge in [-0.15, -0.1) is 0 Å². The van der Waals surface area contributed by atoms with E-state index in [9.17, 15) is 14.7 Å². The highest BCUT2D eigenvalue weighted by Gasteiger charge is 2.47. The van der Waals surface area contributed by atoms with Crippen molar-refractivity contribution in [3.8, 4) is 5.75 Å². The summed E-state index contributed by atoms with van der Waals surface area (Å²) in [6, 6.07) is 15.4. The molecule has 1 saturated heterocycles. The lowest BCUT2D eigenvalue weighted by Crippen LogP contribution is -2.30. The van der Waals surface area contributed by atoms with Crippen LogP contribution in [0.15, 0.2) is 66.2 Å². The van der Waals surface area contributed by atoms with Gasteiger partial charge in [-0.3, -0.25) is 14.5 Å². The maximum Gasteiger partial charge on any atom is 0.300 e. The van der Waals surface area contributed by atoms with Gasteiger partial charge in [-0.25, -0.2) is 4.39 Å². The second-order valence-electron chi connectivity index (χ2n) is 9.30. The van der Waals surface area contributed by atoms with E-state index in [4.69, 9.17) is 4.74 Å². The second kappa shape index (κ2) is 9.97. The first-order valence-electron chi connectivity index (χ1n) is 12.1. The van der Waals surface area contributed by atoms with E-state index in [1.165, 1.54) is 17.0 Å². The minimum atomic E-state index is -1.12. The Kier molecular flexibility index (Phi) is 6.97. The average Bonchev–Trinajstić information content (AvgIpc) is 3.11. The normalized spacial score (nSPS) is 17.2. The molecule has 1 atom stereocenters. The summed E-state index contributed by atoms with van der Waals surface area (Å²) in [7, 11) is 0. The molecule has 0 radical (unpaired) electrons. The van der Waals surface area contributed by atoms with Gasteiger partial charge in [0.25, 0.3) is 11.7 Å². The van der Waals surface area contributed by atoms with Crippen LogP contribution in [-0.4, -0.2) is 23.4 Å². The van der Waals surface area contributed by atoms with Crippen molar-refractivity contribution in [2.75, 3.05) is 11.5 Å². The Morgan fingerprint density at radius 1 is 1.03 bits per heavy atom. The highest BCUT2D eigenvalue weighted by Crippen LogP contribution is 2.43. The Morgan fingerprint density at radius 3 is 2.39 bits per heavy atom. The van der Waals surface area contributed by atoms with Crippen molar-refractivity contribution in [3.63, 3.8) is 0 Å². The zero-order valence-corrected chi connectivity index (χ0v) is 21.1. The number of hydrogen-bond donors (Lipinski definition) is 1. The van der Waals surface area contributed by atoms with Gasteiger partial charge < -0.3 is 9.84 Å².